The van der Waals surface area contributed by atoms with E-state index in [4.69, 9.17) is 0 Å². The number of aromatic nitrogens is 1. The van der Waals surface area contributed by atoms with Crippen molar-refractivity contribution in [3.05, 3.63) is 65.4 Å². The van der Waals surface area contributed by atoms with Crippen molar-refractivity contribution >= 4 is 38.4 Å². The van der Waals surface area contributed by atoms with E-state index in [2.05, 4.69) is 4.98 Å². The molecule has 0 atom stereocenters. The van der Waals surface area contributed by atoms with Crippen LogP contribution in [0.2, 0.25) is 0 Å². The third kappa shape index (κ3) is 3.55. The SMILES string of the molecule is CS(=O)(=O)c1c(F)cc(N2C(=O)CN(Cc3ccnc4ccc(F)cc34)C2=O)c(F)c1F. The van der Waals surface area contributed by atoms with Crippen LogP contribution >= 0.6 is 0 Å². The number of hydrogen-bond donors (Lipinski definition) is 0. The van der Waals surface area contributed by atoms with Crippen molar-refractivity contribution in [3.8, 4) is 0 Å². The first-order chi connectivity index (χ1) is 15.0. The van der Waals surface area contributed by atoms with Crippen LogP contribution in [0.25, 0.3) is 10.9 Å². The first-order valence-electron chi connectivity index (χ1n) is 9.01. The van der Waals surface area contributed by atoms with Crippen LogP contribution in [-0.4, -0.2) is 43.0 Å². The van der Waals surface area contributed by atoms with Gasteiger partial charge in [-0.05, 0) is 29.8 Å². The fourth-order valence-corrected chi connectivity index (χ4v) is 4.33. The number of pyridine rings is 1. The lowest BCUT2D eigenvalue weighted by molar-refractivity contribution is -0.116. The molecule has 1 aliphatic heterocycles. The van der Waals surface area contributed by atoms with Crippen LogP contribution in [0.15, 0.2) is 41.4 Å². The van der Waals surface area contributed by atoms with Gasteiger partial charge in [-0.15, -0.1) is 0 Å². The number of nitrogens with zero attached hydrogens (tertiary/aromatic N) is 3. The normalized spacial score (nSPS) is 14.7. The van der Waals surface area contributed by atoms with Crippen LogP contribution in [-0.2, 0) is 21.2 Å². The number of sulfone groups is 1. The monoisotopic (exact) mass is 467 g/mol. The van der Waals surface area contributed by atoms with Crippen molar-refractivity contribution in [1.29, 1.82) is 0 Å². The highest BCUT2D eigenvalue weighted by Crippen LogP contribution is 2.32. The Morgan fingerprint density at radius 1 is 1.03 bits per heavy atom. The largest absolute Gasteiger partial charge is 0.332 e. The Morgan fingerprint density at radius 2 is 1.75 bits per heavy atom. The summed E-state index contributed by atoms with van der Waals surface area (Å²) >= 11 is 0. The van der Waals surface area contributed by atoms with Crippen molar-refractivity contribution in [1.82, 2.24) is 9.88 Å². The molecule has 0 spiro atoms. The molecule has 3 amide bonds. The maximum absolute atomic E-state index is 14.6. The number of carbonyl (C=O) groups excluding carboxylic acids is 2. The van der Waals surface area contributed by atoms with E-state index in [-0.39, 0.29) is 17.5 Å². The number of carbonyl (C=O) groups is 2. The summed E-state index contributed by atoms with van der Waals surface area (Å²) in [7, 11) is -4.46. The van der Waals surface area contributed by atoms with E-state index < -0.39 is 62.2 Å². The van der Waals surface area contributed by atoms with Gasteiger partial charge in [0.2, 0.25) is 0 Å². The Balaban J connectivity index is 1.72. The minimum absolute atomic E-state index is 0.197. The van der Waals surface area contributed by atoms with Gasteiger partial charge in [-0.25, -0.2) is 35.7 Å². The average Bonchev–Trinajstić information content (AvgIpc) is 2.97. The van der Waals surface area contributed by atoms with Gasteiger partial charge in [0.25, 0.3) is 5.91 Å². The summed E-state index contributed by atoms with van der Waals surface area (Å²) in [6.07, 6.45) is 1.91. The van der Waals surface area contributed by atoms with E-state index in [1.54, 1.807) is 0 Å². The van der Waals surface area contributed by atoms with E-state index in [9.17, 15) is 35.6 Å². The number of anilines is 1. The third-order valence-corrected chi connectivity index (χ3v) is 6.02. The zero-order valence-electron chi connectivity index (χ0n) is 16.3. The molecule has 2 heterocycles. The van der Waals surface area contributed by atoms with Crippen molar-refractivity contribution in [2.45, 2.75) is 11.4 Å². The van der Waals surface area contributed by atoms with Gasteiger partial charge in [0.1, 0.15) is 23.1 Å². The Morgan fingerprint density at radius 3 is 2.44 bits per heavy atom. The standard InChI is InChI=1S/C20H13F4N3O4S/c1-32(30,31)19-13(22)7-15(17(23)18(19)24)27-16(28)9-26(20(27)29)8-10-4-5-25-14-3-2-11(21)6-12(10)14/h2-7H,8-9H2,1H3. The number of benzene rings is 2. The summed E-state index contributed by atoms with van der Waals surface area (Å²) in [5.41, 5.74) is -0.177. The van der Waals surface area contributed by atoms with Crippen LogP contribution in [0.5, 0.6) is 0 Å². The molecule has 4 rings (SSSR count). The molecule has 0 N–H and O–H groups in total. The molecule has 32 heavy (non-hydrogen) atoms. The predicted octanol–water partition coefficient (Wildman–Crippen LogP) is 3.16. The molecule has 0 aliphatic carbocycles. The van der Waals surface area contributed by atoms with Gasteiger partial charge in [-0.2, -0.15) is 0 Å². The Labute approximate surface area is 178 Å². The molecular formula is C20H13F4N3O4S. The fourth-order valence-electron chi connectivity index (χ4n) is 3.50. The predicted molar refractivity (Wildman–Crippen MR) is 104 cm³/mol. The molecule has 1 fully saturated rings. The number of amides is 3. The molecule has 7 nitrogen and oxygen atoms in total. The first kappa shape index (κ1) is 21.7. The maximum atomic E-state index is 14.6. The summed E-state index contributed by atoms with van der Waals surface area (Å²) in [6, 6.07) is 4.54. The second kappa shape index (κ2) is 7.55. The van der Waals surface area contributed by atoms with Gasteiger partial charge in [-0.3, -0.25) is 9.78 Å². The average molecular weight is 467 g/mol. The van der Waals surface area contributed by atoms with Crippen LogP contribution < -0.4 is 4.90 Å². The Bertz CT molecular complexity index is 1410. The number of fused-ring (bicyclic) bond motifs is 1. The van der Waals surface area contributed by atoms with Crippen molar-refractivity contribution < 1.29 is 35.6 Å². The third-order valence-electron chi connectivity index (χ3n) is 4.90. The molecule has 3 aromatic rings. The van der Waals surface area contributed by atoms with Gasteiger partial charge in [-0.1, -0.05) is 0 Å². The first-order valence-corrected chi connectivity index (χ1v) is 10.9. The molecule has 0 unspecified atom stereocenters. The quantitative estimate of drug-likeness (QED) is 0.334. The lowest BCUT2D eigenvalue weighted by Gasteiger charge is -2.19. The van der Waals surface area contributed by atoms with Crippen LogP contribution in [0, 0.1) is 23.3 Å². The summed E-state index contributed by atoms with van der Waals surface area (Å²) < 4.78 is 79.8. The number of urea groups is 1. The topological polar surface area (TPSA) is 87.7 Å². The second-order valence-corrected chi connectivity index (χ2v) is 9.06. The van der Waals surface area contributed by atoms with Crippen LogP contribution in [0.4, 0.5) is 28.0 Å². The molecule has 0 saturated carbocycles. The molecule has 2 aromatic carbocycles. The number of rotatable bonds is 4. The minimum atomic E-state index is -4.46. The molecule has 0 radical (unpaired) electrons. The van der Waals surface area contributed by atoms with Crippen molar-refractivity contribution in [2.24, 2.45) is 0 Å². The molecule has 166 valence electrons. The van der Waals surface area contributed by atoms with E-state index in [0.717, 1.165) is 4.90 Å². The summed E-state index contributed by atoms with van der Waals surface area (Å²) in [6.45, 7) is -0.744. The summed E-state index contributed by atoms with van der Waals surface area (Å²) in [5.74, 6) is -7.06. The van der Waals surface area contributed by atoms with E-state index >= 15 is 0 Å². The fraction of sp³-hybridized carbons (Fsp3) is 0.150. The molecule has 1 aromatic heterocycles. The number of hydrogen-bond acceptors (Lipinski definition) is 5. The van der Waals surface area contributed by atoms with Gasteiger partial charge >= 0.3 is 6.03 Å². The van der Waals surface area contributed by atoms with Gasteiger partial charge in [0, 0.05) is 30.4 Å². The summed E-state index contributed by atoms with van der Waals surface area (Å²) in [5, 5.41) is 0.381. The van der Waals surface area contributed by atoms with E-state index in [1.165, 1.54) is 30.5 Å². The van der Waals surface area contributed by atoms with Crippen LogP contribution in [0.1, 0.15) is 5.56 Å². The smallest absolute Gasteiger partial charge is 0.310 e. The van der Waals surface area contributed by atoms with Gasteiger partial charge in [0.15, 0.2) is 21.5 Å². The molecular weight excluding hydrogens is 454 g/mol. The van der Waals surface area contributed by atoms with Crippen LogP contribution in [0.3, 0.4) is 0 Å². The van der Waals surface area contributed by atoms with E-state index in [0.29, 0.717) is 22.7 Å². The Kier molecular flexibility index (Phi) is 5.12. The van der Waals surface area contributed by atoms with E-state index in [1.807, 2.05) is 0 Å². The minimum Gasteiger partial charge on any atom is -0.310 e. The molecule has 1 saturated heterocycles. The number of halogens is 4. The summed E-state index contributed by atoms with van der Waals surface area (Å²) in [4.78, 5) is 29.0. The highest BCUT2D eigenvalue weighted by atomic mass is 32.2. The second-order valence-electron chi connectivity index (χ2n) is 7.11. The van der Waals surface area contributed by atoms with Crippen molar-refractivity contribution in [3.63, 3.8) is 0 Å². The maximum Gasteiger partial charge on any atom is 0.332 e. The zero-order valence-corrected chi connectivity index (χ0v) is 17.1. The highest BCUT2D eigenvalue weighted by molar-refractivity contribution is 7.90. The number of imide groups is 1. The van der Waals surface area contributed by atoms with Gasteiger partial charge in [0.05, 0.1) is 11.2 Å². The molecule has 12 heteroatoms. The lowest BCUT2D eigenvalue weighted by Crippen LogP contribution is -2.34. The lowest BCUT2D eigenvalue weighted by atomic mass is 10.1. The molecule has 0 bridgehead atoms. The highest BCUT2D eigenvalue weighted by Gasteiger charge is 2.40. The Hall–Kier alpha value is -3.54. The van der Waals surface area contributed by atoms with Crippen molar-refractivity contribution in [2.75, 3.05) is 17.7 Å². The zero-order chi connectivity index (χ0) is 23.4. The molecule has 1 aliphatic rings. The van der Waals surface area contributed by atoms with Gasteiger partial charge < -0.3 is 4.90 Å².